The summed E-state index contributed by atoms with van der Waals surface area (Å²) >= 11 is 0. The number of hydrogen-bond donors (Lipinski definition) is 2. The second kappa shape index (κ2) is 6.31. The number of rotatable bonds is 4. The third kappa shape index (κ3) is 3.05. The maximum absolute atomic E-state index is 14.1. The van der Waals surface area contributed by atoms with Crippen molar-refractivity contribution in [2.75, 3.05) is 11.1 Å². The fourth-order valence-corrected chi connectivity index (χ4v) is 2.92. The molecule has 27 heavy (non-hydrogen) atoms. The highest BCUT2D eigenvalue weighted by molar-refractivity contribution is 5.90. The van der Waals surface area contributed by atoms with Gasteiger partial charge >= 0.3 is 0 Å². The lowest BCUT2D eigenvalue weighted by molar-refractivity contribution is 0.524. The molecule has 3 N–H and O–H groups in total. The Labute approximate surface area is 152 Å². The van der Waals surface area contributed by atoms with Crippen LogP contribution >= 0.6 is 0 Å². The molecule has 0 saturated carbocycles. The zero-order chi connectivity index (χ0) is 19.1. The van der Waals surface area contributed by atoms with Crippen LogP contribution in [-0.2, 0) is 7.05 Å². The zero-order valence-corrected chi connectivity index (χ0v) is 14.6. The first-order valence-corrected chi connectivity index (χ1v) is 8.12. The zero-order valence-electron chi connectivity index (χ0n) is 14.6. The Morgan fingerprint density at radius 2 is 2.04 bits per heavy atom. The summed E-state index contributed by atoms with van der Waals surface area (Å²) in [6, 6.07) is 2.07. The van der Waals surface area contributed by atoms with E-state index in [1.165, 1.54) is 0 Å². The molecule has 138 valence electrons. The minimum atomic E-state index is -0.728. The van der Waals surface area contributed by atoms with E-state index in [2.05, 4.69) is 25.3 Å². The van der Waals surface area contributed by atoms with E-state index < -0.39 is 17.7 Å². The van der Waals surface area contributed by atoms with Gasteiger partial charge < -0.3 is 20.2 Å². The maximum Gasteiger partial charge on any atom is 0.224 e. The summed E-state index contributed by atoms with van der Waals surface area (Å²) in [5.41, 5.74) is 6.46. The van der Waals surface area contributed by atoms with Gasteiger partial charge in [0.15, 0.2) is 0 Å². The van der Waals surface area contributed by atoms with Gasteiger partial charge in [-0.2, -0.15) is 9.97 Å². The van der Waals surface area contributed by atoms with Gasteiger partial charge in [0.1, 0.15) is 28.9 Å². The summed E-state index contributed by atoms with van der Waals surface area (Å²) < 4.78 is 30.8. The van der Waals surface area contributed by atoms with Gasteiger partial charge in [0.25, 0.3) is 0 Å². The number of fused-ring (bicyclic) bond motifs is 1. The Morgan fingerprint density at radius 3 is 2.74 bits per heavy atom. The number of halogens is 2. The molecule has 0 spiro atoms. The number of nitrogens with one attached hydrogen (secondary N) is 1. The van der Waals surface area contributed by atoms with Crippen LogP contribution in [0.2, 0.25) is 0 Å². The van der Waals surface area contributed by atoms with E-state index >= 15 is 0 Å². The Kier molecular flexibility index (Phi) is 3.94. The van der Waals surface area contributed by atoms with Crippen molar-refractivity contribution in [3.05, 3.63) is 54.4 Å². The number of imidazole rings is 1. The molecule has 0 aromatic carbocycles. The normalized spacial score (nSPS) is 12.4. The molecule has 0 radical (unpaired) electrons. The SMILES string of the molecule is CC(c1ncc(F)cc1F)n1ccc2c(Nc3cn(C)cn3)nc(N)nc21. The molecule has 0 saturated heterocycles. The molecular formula is C17H16F2N8. The van der Waals surface area contributed by atoms with Crippen molar-refractivity contribution >= 4 is 28.6 Å². The average molecular weight is 370 g/mol. The van der Waals surface area contributed by atoms with Crippen molar-refractivity contribution < 1.29 is 8.78 Å². The van der Waals surface area contributed by atoms with E-state index in [1.54, 1.807) is 40.8 Å². The number of anilines is 3. The van der Waals surface area contributed by atoms with Crippen molar-refractivity contribution in [2.45, 2.75) is 13.0 Å². The number of aryl methyl sites for hydroxylation is 1. The monoisotopic (exact) mass is 370 g/mol. The number of nitrogens with zero attached hydrogens (tertiary/aromatic N) is 6. The standard InChI is InChI=1S/C17H16F2N8/c1-9(14-12(19)5-10(18)6-21-14)27-4-3-11-15(24-17(20)25-16(11)27)23-13-7-26(2)8-22-13/h3-9H,1-2H3,(H3,20,23,24,25). The Bertz CT molecular complexity index is 1130. The number of pyridine rings is 1. The molecule has 8 nitrogen and oxygen atoms in total. The first-order valence-electron chi connectivity index (χ1n) is 8.12. The molecule has 0 aliphatic heterocycles. The van der Waals surface area contributed by atoms with E-state index in [4.69, 9.17) is 5.73 Å². The van der Waals surface area contributed by atoms with Gasteiger partial charge in [-0.15, -0.1) is 0 Å². The van der Waals surface area contributed by atoms with Gasteiger partial charge in [0.05, 0.1) is 29.6 Å². The van der Waals surface area contributed by atoms with E-state index in [9.17, 15) is 8.78 Å². The molecule has 4 heterocycles. The van der Waals surface area contributed by atoms with Crippen molar-refractivity contribution in [3.63, 3.8) is 0 Å². The summed E-state index contributed by atoms with van der Waals surface area (Å²) in [6.07, 6.45) is 6.16. The molecule has 10 heteroatoms. The van der Waals surface area contributed by atoms with E-state index in [0.29, 0.717) is 22.7 Å². The summed E-state index contributed by atoms with van der Waals surface area (Å²) in [5.74, 6) is -0.313. The number of nitrogens with two attached hydrogens (primary N) is 1. The molecule has 4 aromatic rings. The Morgan fingerprint density at radius 1 is 1.22 bits per heavy atom. The van der Waals surface area contributed by atoms with Crippen LogP contribution in [0.5, 0.6) is 0 Å². The van der Waals surface area contributed by atoms with Crippen molar-refractivity contribution in [3.8, 4) is 0 Å². The van der Waals surface area contributed by atoms with E-state index in [-0.39, 0.29) is 11.6 Å². The molecular weight excluding hydrogens is 354 g/mol. The van der Waals surface area contributed by atoms with Gasteiger partial charge in [0, 0.05) is 25.5 Å². The van der Waals surface area contributed by atoms with Gasteiger partial charge in [-0.25, -0.2) is 13.8 Å². The predicted octanol–water partition coefficient (Wildman–Crippen LogP) is 2.77. The van der Waals surface area contributed by atoms with Crippen LogP contribution in [0, 0.1) is 11.6 Å². The fraction of sp³-hybridized carbons (Fsp3) is 0.176. The van der Waals surface area contributed by atoms with Crippen LogP contribution in [0.15, 0.2) is 37.1 Å². The molecule has 0 fully saturated rings. The molecule has 0 bridgehead atoms. The average Bonchev–Trinajstić information content (AvgIpc) is 3.20. The van der Waals surface area contributed by atoms with Crippen LogP contribution in [0.3, 0.4) is 0 Å². The lowest BCUT2D eigenvalue weighted by Crippen LogP contribution is -2.11. The Balaban J connectivity index is 1.79. The second-order valence-electron chi connectivity index (χ2n) is 6.14. The minimum Gasteiger partial charge on any atom is -0.368 e. The lowest BCUT2D eigenvalue weighted by atomic mass is 10.2. The molecule has 0 amide bonds. The van der Waals surface area contributed by atoms with Crippen LogP contribution in [0.1, 0.15) is 18.7 Å². The predicted molar refractivity (Wildman–Crippen MR) is 96.4 cm³/mol. The third-order valence-electron chi connectivity index (χ3n) is 4.19. The molecule has 0 aliphatic carbocycles. The maximum atomic E-state index is 14.1. The van der Waals surface area contributed by atoms with E-state index in [1.807, 2.05) is 7.05 Å². The highest BCUT2D eigenvalue weighted by atomic mass is 19.1. The molecule has 4 rings (SSSR count). The van der Waals surface area contributed by atoms with Crippen LogP contribution in [-0.4, -0.2) is 29.1 Å². The van der Waals surface area contributed by atoms with Gasteiger partial charge in [-0.05, 0) is 13.0 Å². The number of aromatic nitrogens is 6. The number of nitrogen functional groups attached to an aromatic ring is 1. The van der Waals surface area contributed by atoms with Gasteiger partial charge in [-0.3, -0.25) is 4.98 Å². The van der Waals surface area contributed by atoms with Gasteiger partial charge in [0.2, 0.25) is 5.95 Å². The quantitative estimate of drug-likeness (QED) is 0.573. The summed E-state index contributed by atoms with van der Waals surface area (Å²) in [4.78, 5) is 16.6. The molecule has 1 unspecified atom stereocenters. The fourth-order valence-electron chi connectivity index (χ4n) is 2.92. The molecule has 0 aliphatic rings. The van der Waals surface area contributed by atoms with Crippen molar-refractivity contribution in [2.24, 2.45) is 7.05 Å². The Hall–Kier alpha value is -3.56. The third-order valence-corrected chi connectivity index (χ3v) is 4.19. The molecule has 4 aromatic heterocycles. The van der Waals surface area contributed by atoms with Crippen molar-refractivity contribution in [1.29, 1.82) is 0 Å². The summed E-state index contributed by atoms with van der Waals surface area (Å²) in [6.45, 7) is 1.74. The highest BCUT2D eigenvalue weighted by Gasteiger charge is 2.19. The summed E-state index contributed by atoms with van der Waals surface area (Å²) in [5, 5.41) is 3.79. The van der Waals surface area contributed by atoms with Gasteiger partial charge in [-0.1, -0.05) is 0 Å². The summed E-state index contributed by atoms with van der Waals surface area (Å²) in [7, 11) is 1.85. The topological polar surface area (TPSA) is 99.5 Å². The van der Waals surface area contributed by atoms with Crippen molar-refractivity contribution in [1.82, 2.24) is 29.1 Å². The largest absolute Gasteiger partial charge is 0.368 e. The second-order valence-corrected chi connectivity index (χ2v) is 6.14. The molecule has 1 atom stereocenters. The van der Waals surface area contributed by atoms with E-state index in [0.717, 1.165) is 12.3 Å². The first-order chi connectivity index (χ1) is 12.9. The van der Waals surface area contributed by atoms with Crippen LogP contribution < -0.4 is 11.1 Å². The number of hydrogen-bond acceptors (Lipinski definition) is 6. The first kappa shape index (κ1) is 16.9. The lowest BCUT2D eigenvalue weighted by Gasteiger charge is -2.15. The van der Waals surface area contributed by atoms with Crippen LogP contribution in [0.4, 0.5) is 26.4 Å². The minimum absolute atomic E-state index is 0.0561. The smallest absolute Gasteiger partial charge is 0.224 e. The highest BCUT2D eigenvalue weighted by Crippen LogP contribution is 2.29. The van der Waals surface area contributed by atoms with Crippen LogP contribution in [0.25, 0.3) is 11.0 Å².